The van der Waals surface area contributed by atoms with E-state index in [1.165, 1.54) is 12.1 Å². The topological polar surface area (TPSA) is 69.6 Å². The smallest absolute Gasteiger partial charge is 0.394 e. The molecule has 0 saturated carbocycles. The van der Waals surface area contributed by atoms with Crippen molar-refractivity contribution in [2.75, 3.05) is 13.1 Å². The molecule has 1 aromatic rings. The highest BCUT2D eigenvalue weighted by atomic mass is 19.4. The van der Waals surface area contributed by atoms with E-state index in [4.69, 9.17) is 5.11 Å². The minimum atomic E-state index is -4.69. The summed E-state index contributed by atoms with van der Waals surface area (Å²) < 4.78 is 52.5. The second kappa shape index (κ2) is 6.77. The molecule has 0 radical (unpaired) electrons. The first kappa shape index (κ1) is 18.5. The number of carboxylic acid groups (broad SMARTS) is 1. The average molecular weight is 374 g/mol. The minimum absolute atomic E-state index is 0.382. The molecule has 2 amide bonds. The van der Waals surface area contributed by atoms with Gasteiger partial charge in [0.15, 0.2) is 0 Å². The number of hydrogen-bond acceptors (Lipinski definition) is 2. The van der Waals surface area contributed by atoms with Gasteiger partial charge in [0.2, 0.25) is 0 Å². The number of carbonyl (C=O) groups excluding carboxylic acids is 1. The molecule has 3 atom stereocenters. The monoisotopic (exact) mass is 374 g/mol. The number of alkyl halides is 3. The summed E-state index contributed by atoms with van der Waals surface area (Å²) in [6.07, 6.45) is -2.72. The number of carbonyl (C=O) groups is 2. The van der Waals surface area contributed by atoms with Gasteiger partial charge in [0.05, 0.1) is 17.9 Å². The summed E-state index contributed by atoms with van der Waals surface area (Å²) >= 11 is 0. The maximum atomic E-state index is 13.3. The predicted molar refractivity (Wildman–Crippen MR) is 82.9 cm³/mol. The van der Waals surface area contributed by atoms with Gasteiger partial charge in [-0.25, -0.2) is 9.18 Å². The van der Waals surface area contributed by atoms with Crippen molar-refractivity contribution >= 4 is 12.0 Å². The molecule has 2 N–H and O–H groups in total. The second-order valence-electron chi connectivity index (χ2n) is 6.74. The standard InChI is InChI=1S/C17H18F4N2O3/c18-10-4-5-11-9(6-10)2-1-3-14(11)22-16(26)23-7-12(15(24)25)13(8-23)17(19,20)21/h4-6,12-14H,1-3,7-8H2,(H,22,26)(H,24,25)/t12-,13-,14?/m1/s1. The van der Waals surface area contributed by atoms with E-state index >= 15 is 0 Å². The van der Waals surface area contributed by atoms with Gasteiger partial charge in [-0.1, -0.05) is 6.07 Å². The number of amides is 2. The van der Waals surface area contributed by atoms with Gasteiger partial charge in [0.1, 0.15) is 5.82 Å². The first-order valence-electron chi connectivity index (χ1n) is 8.30. The first-order chi connectivity index (χ1) is 12.2. The Morgan fingerprint density at radius 1 is 1.23 bits per heavy atom. The van der Waals surface area contributed by atoms with Crippen molar-refractivity contribution in [3.05, 3.63) is 35.1 Å². The lowest BCUT2D eigenvalue weighted by atomic mass is 9.87. The van der Waals surface area contributed by atoms with E-state index in [1.54, 1.807) is 6.07 Å². The Hall–Kier alpha value is -2.32. The molecule has 1 fully saturated rings. The number of likely N-dealkylation sites (tertiary alicyclic amines) is 1. The van der Waals surface area contributed by atoms with Crippen LogP contribution in [0.15, 0.2) is 18.2 Å². The molecule has 5 nitrogen and oxygen atoms in total. The summed E-state index contributed by atoms with van der Waals surface area (Å²) in [5.41, 5.74) is 1.51. The number of fused-ring (bicyclic) bond motifs is 1. The molecule has 0 aromatic heterocycles. The summed E-state index contributed by atoms with van der Waals surface area (Å²) in [4.78, 5) is 24.4. The molecule has 1 aliphatic carbocycles. The van der Waals surface area contributed by atoms with E-state index in [1.807, 2.05) is 0 Å². The molecule has 0 bridgehead atoms. The summed E-state index contributed by atoms with van der Waals surface area (Å²) in [5, 5.41) is 11.7. The van der Waals surface area contributed by atoms with Crippen LogP contribution in [0, 0.1) is 17.7 Å². The Bertz CT molecular complexity index is 722. The van der Waals surface area contributed by atoms with Crippen LogP contribution >= 0.6 is 0 Å². The van der Waals surface area contributed by atoms with Crippen LogP contribution < -0.4 is 5.32 Å². The van der Waals surface area contributed by atoms with Crippen LogP contribution in [0.25, 0.3) is 0 Å². The Morgan fingerprint density at radius 3 is 2.58 bits per heavy atom. The molecule has 1 saturated heterocycles. The fourth-order valence-electron chi connectivity index (χ4n) is 3.72. The summed E-state index contributed by atoms with van der Waals surface area (Å²) in [5.74, 6) is -5.71. The maximum Gasteiger partial charge on any atom is 0.394 e. The molecule has 1 unspecified atom stereocenters. The number of aryl methyl sites for hydroxylation is 1. The van der Waals surface area contributed by atoms with Gasteiger partial charge in [-0.15, -0.1) is 0 Å². The van der Waals surface area contributed by atoms with Crippen LogP contribution in [-0.2, 0) is 11.2 Å². The van der Waals surface area contributed by atoms with Crippen molar-refractivity contribution in [3.63, 3.8) is 0 Å². The second-order valence-corrected chi connectivity index (χ2v) is 6.74. The van der Waals surface area contributed by atoms with Crippen LogP contribution in [0.3, 0.4) is 0 Å². The normalized spacial score (nSPS) is 25.7. The minimum Gasteiger partial charge on any atom is -0.481 e. The molecule has 26 heavy (non-hydrogen) atoms. The fourth-order valence-corrected chi connectivity index (χ4v) is 3.72. The zero-order valence-electron chi connectivity index (χ0n) is 13.7. The summed E-state index contributed by atoms with van der Waals surface area (Å²) in [6, 6.07) is 3.07. The summed E-state index contributed by atoms with van der Waals surface area (Å²) in [6.45, 7) is -1.18. The number of nitrogens with one attached hydrogen (secondary N) is 1. The highest BCUT2D eigenvalue weighted by molar-refractivity contribution is 5.78. The average Bonchev–Trinajstić information content (AvgIpc) is 3.00. The first-order valence-corrected chi connectivity index (χ1v) is 8.30. The van der Waals surface area contributed by atoms with E-state index in [2.05, 4.69) is 5.32 Å². The highest BCUT2D eigenvalue weighted by Gasteiger charge is 2.53. The van der Waals surface area contributed by atoms with Gasteiger partial charge < -0.3 is 15.3 Å². The van der Waals surface area contributed by atoms with Gasteiger partial charge in [-0.3, -0.25) is 4.79 Å². The van der Waals surface area contributed by atoms with Gasteiger partial charge in [-0.05, 0) is 42.5 Å². The third kappa shape index (κ3) is 3.61. The SMILES string of the molecule is O=C(O)[C@@H]1CN(C(=O)NC2CCCc3cc(F)ccc32)C[C@H]1C(F)(F)F. The maximum absolute atomic E-state index is 13.3. The molecule has 1 aliphatic heterocycles. The van der Waals surface area contributed by atoms with Crippen LogP contribution in [0.1, 0.15) is 30.0 Å². The summed E-state index contributed by atoms with van der Waals surface area (Å²) in [7, 11) is 0. The third-order valence-electron chi connectivity index (χ3n) is 5.06. The fraction of sp³-hybridized carbons (Fsp3) is 0.529. The van der Waals surface area contributed by atoms with Crippen molar-refractivity contribution < 1.29 is 32.3 Å². The van der Waals surface area contributed by atoms with Crippen molar-refractivity contribution in [2.45, 2.75) is 31.5 Å². The predicted octanol–water partition coefficient (Wildman–Crippen LogP) is 3.11. The Balaban J connectivity index is 1.73. The van der Waals surface area contributed by atoms with Crippen LogP contribution in [0.2, 0.25) is 0 Å². The molecule has 1 heterocycles. The number of aliphatic carboxylic acids is 1. The Morgan fingerprint density at radius 2 is 1.96 bits per heavy atom. The molecule has 0 spiro atoms. The molecule has 1 aromatic carbocycles. The van der Waals surface area contributed by atoms with Gasteiger partial charge >= 0.3 is 18.2 Å². The number of hydrogen-bond donors (Lipinski definition) is 2. The lowest BCUT2D eigenvalue weighted by Crippen LogP contribution is -2.42. The van der Waals surface area contributed by atoms with Gasteiger partial charge in [0.25, 0.3) is 0 Å². The van der Waals surface area contributed by atoms with Gasteiger partial charge in [-0.2, -0.15) is 13.2 Å². The number of halogens is 4. The van der Waals surface area contributed by atoms with Crippen molar-refractivity contribution in [1.82, 2.24) is 10.2 Å². The number of rotatable bonds is 2. The number of urea groups is 1. The molecule has 2 aliphatic rings. The van der Waals surface area contributed by atoms with E-state index in [0.29, 0.717) is 19.3 Å². The zero-order chi connectivity index (χ0) is 19.1. The van der Waals surface area contributed by atoms with E-state index in [-0.39, 0.29) is 5.82 Å². The van der Waals surface area contributed by atoms with E-state index in [9.17, 15) is 27.2 Å². The van der Waals surface area contributed by atoms with Crippen molar-refractivity contribution in [2.24, 2.45) is 11.8 Å². The molecular weight excluding hydrogens is 356 g/mol. The van der Waals surface area contributed by atoms with Gasteiger partial charge in [0, 0.05) is 13.1 Å². The third-order valence-corrected chi connectivity index (χ3v) is 5.06. The number of benzene rings is 1. The lowest BCUT2D eigenvalue weighted by molar-refractivity contribution is -0.187. The number of nitrogens with zero attached hydrogens (tertiary/aromatic N) is 1. The van der Waals surface area contributed by atoms with Crippen molar-refractivity contribution in [1.29, 1.82) is 0 Å². The van der Waals surface area contributed by atoms with Crippen molar-refractivity contribution in [3.8, 4) is 0 Å². The molecule has 3 rings (SSSR count). The largest absolute Gasteiger partial charge is 0.481 e. The lowest BCUT2D eigenvalue weighted by Gasteiger charge is -2.28. The van der Waals surface area contributed by atoms with E-state index < -0.39 is 49.1 Å². The Labute approximate surface area is 147 Å². The molecular formula is C17H18F4N2O3. The number of carboxylic acids is 1. The Kier molecular flexibility index (Phi) is 4.81. The van der Waals surface area contributed by atoms with Crippen LogP contribution in [0.5, 0.6) is 0 Å². The molecule has 9 heteroatoms. The quantitative estimate of drug-likeness (QED) is 0.782. The van der Waals surface area contributed by atoms with Crippen LogP contribution in [0.4, 0.5) is 22.4 Å². The molecule has 142 valence electrons. The zero-order valence-corrected chi connectivity index (χ0v) is 13.7. The van der Waals surface area contributed by atoms with E-state index in [0.717, 1.165) is 16.0 Å². The van der Waals surface area contributed by atoms with Crippen LogP contribution in [-0.4, -0.2) is 41.3 Å². The highest BCUT2D eigenvalue weighted by Crippen LogP contribution is 2.38.